The maximum absolute atomic E-state index is 11.3. The van der Waals surface area contributed by atoms with Crippen molar-refractivity contribution in [3.05, 3.63) is 64.9 Å². The van der Waals surface area contributed by atoms with Gasteiger partial charge in [0.15, 0.2) is 0 Å². The molecule has 0 fully saturated rings. The monoisotopic (exact) mass is 289 g/mol. The van der Waals surface area contributed by atoms with Gasteiger partial charge in [0.25, 0.3) is 0 Å². The van der Waals surface area contributed by atoms with Crippen molar-refractivity contribution in [3.63, 3.8) is 0 Å². The summed E-state index contributed by atoms with van der Waals surface area (Å²) in [5, 5.41) is 10.4. The zero-order chi connectivity index (χ0) is 14.8. The van der Waals surface area contributed by atoms with E-state index in [0.717, 1.165) is 30.3 Å². The van der Waals surface area contributed by atoms with E-state index >= 15 is 0 Å². The van der Waals surface area contributed by atoms with Crippen LogP contribution in [0.5, 0.6) is 0 Å². The van der Waals surface area contributed by atoms with Crippen molar-refractivity contribution in [2.75, 3.05) is 0 Å². The Labute approximate surface area is 127 Å². The Morgan fingerprint density at radius 3 is 3.05 bits per heavy atom. The molecule has 1 aromatic heterocycles. The van der Waals surface area contributed by atoms with Crippen LogP contribution in [0.25, 0.3) is 16.5 Å². The summed E-state index contributed by atoms with van der Waals surface area (Å²) in [5.74, 6) is -0.361. The highest BCUT2D eigenvalue weighted by Crippen LogP contribution is 2.48. The molecule has 0 saturated carbocycles. The molecule has 1 unspecified atom stereocenters. The summed E-state index contributed by atoms with van der Waals surface area (Å²) in [6.07, 6.45) is 9.10. The molecule has 0 bridgehead atoms. The molecule has 0 radical (unpaired) electrons. The van der Waals surface area contributed by atoms with Gasteiger partial charge in [-0.3, -0.25) is 0 Å². The number of carboxylic acid groups (broad SMARTS) is 1. The van der Waals surface area contributed by atoms with Gasteiger partial charge in [0.05, 0.1) is 5.56 Å². The van der Waals surface area contributed by atoms with E-state index in [1.165, 1.54) is 22.4 Å². The fourth-order valence-corrected chi connectivity index (χ4v) is 3.90. The molecule has 0 spiro atoms. The van der Waals surface area contributed by atoms with Gasteiger partial charge in [-0.25, -0.2) is 4.79 Å². The summed E-state index contributed by atoms with van der Waals surface area (Å²) < 4.78 is 2.31. The van der Waals surface area contributed by atoms with Gasteiger partial charge in [0, 0.05) is 29.1 Å². The molecule has 2 aromatic rings. The Morgan fingerprint density at radius 1 is 1.27 bits per heavy atom. The average molecular weight is 289 g/mol. The number of fused-ring (bicyclic) bond motifs is 6. The van der Waals surface area contributed by atoms with Crippen LogP contribution in [-0.4, -0.2) is 15.6 Å². The third-order valence-electron chi connectivity index (χ3n) is 5.02. The molecule has 3 heteroatoms. The number of benzene rings is 1. The zero-order valence-corrected chi connectivity index (χ0v) is 12.0. The summed E-state index contributed by atoms with van der Waals surface area (Å²) in [6, 6.07) is 7.67. The van der Waals surface area contributed by atoms with Gasteiger partial charge in [-0.1, -0.05) is 18.2 Å². The molecule has 2 heterocycles. The molecular formula is C19H15NO2. The molecule has 108 valence electrons. The summed E-state index contributed by atoms with van der Waals surface area (Å²) in [6.45, 7) is 0.957. The zero-order valence-electron chi connectivity index (χ0n) is 12.0. The lowest BCUT2D eigenvalue weighted by atomic mass is 9.88. The number of carbonyl (C=O) groups is 1. The molecular weight excluding hydrogens is 274 g/mol. The standard InChI is InChI=1S/C19H15NO2/c21-19(22)14-6-5-13-9-17-18-11(3-4-12-8-15(12)18)2-1-7-20(17)16(13)10-14/h3-6,8-11H,1-2,7H2,(H,21,22). The van der Waals surface area contributed by atoms with Crippen molar-refractivity contribution in [2.45, 2.75) is 19.4 Å². The molecule has 1 aromatic carbocycles. The number of nitrogens with zero attached hydrogens (tertiary/aromatic N) is 1. The third kappa shape index (κ3) is 1.54. The minimum absolute atomic E-state index is 0.362. The average Bonchev–Trinajstić information content (AvgIpc) is 3.24. The van der Waals surface area contributed by atoms with E-state index in [1.807, 2.05) is 12.1 Å². The number of aromatic carboxylic acids is 1. The first-order chi connectivity index (χ1) is 10.7. The quantitative estimate of drug-likeness (QED) is 0.861. The minimum Gasteiger partial charge on any atom is -0.478 e. The molecule has 0 saturated heterocycles. The van der Waals surface area contributed by atoms with E-state index in [4.69, 9.17) is 0 Å². The highest BCUT2D eigenvalue weighted by atomic mass is 16.4. The first kappa shape index (κ1) is 12.0. The van der Waals surface area contributed by atoms with Crippen molar-refractivity contribution < 1.29 is 9.90 Å². The molecule has 22 heavy (non-hydrogen) atoms. The van der Waals surface area contributed by atoms with E-state index in [2.05, 4.69) is 28.9 Å². The second kappa shape index (κ2) is 4.01. The maximum atomic E-state index is 11.3. The number of aryl methyl sites for hydroxylation is 1. The van der Waals surface area contributed by atoms with Crippen LogP contribution < -0.4 is 0 Å². The van der Waals surface area contributed by atoms with Crippen molar-refractivity contribution in [2.24, 2.45) is 5.92 Å². The summed E-state index contributed by atoms with van der Waals surface area (Å²) in [5.41, 5.74) is 6.86. The van der Waals surface area contributed by atoms with Gasteiger partial charge in [-0.2, -0.15) is 0 Å². The number of hydrogen-bond donors (Lipinski definition) is 1. The topological polar surface area (TPSA) is 42.2 Å². The van der Waals surface area contributed by atoms with Crippen molar-refractivity contribution in [1.29, 1.82) is 0 Å². The van der Waals surface area contributed by atoms with Crippen LogP contribution in [0.2, 0.25) is 0 Å². The van der Waals surface area contributed by atoms with Crippen LogP contribution >= 0.6 is 0 Å². The lowest BCUT2D eigenvalue weighted by molar-refractivity contribution is 0.0697. The van der Waals surface area contributed by atoms with Crippen molar-refractivity contribution in [1.82, 2.24) is 4.57 Å². The SMILES string of the molecule is O=C(O)c1ccc2cc3n(c2c1)CCCC1C=CC2=CC2=C31. The van der Waals surface area contributed by atoms with Crippen LogP contribution in [0.4, 0.5) is 0 Å². The predicted octanol–water partition coefficient (Wildman–Crippen LogP) is 4.01. The normalized spacial score (nSPS) is 21.8. The van der Waals surface area contributed by atoms with Crippen molar-refractivity contribution in [3.8, 4) is 0 Å². The second-order valence-electron chi connectivity index (χ2n) is 6.29. The van der Waals surface area contributed by atoms with Gasteiger partial charge in [-0.15, -0.1) is 0 Å². The first-order valence-corrected chi connectivity index (χ1v) is 7.74. The molecule has 5 rings (SSSR count). The fraction of sp³-hybridized carbons (Fsp3) is 0.211. The predicted molar refractivity (Wildman–Crippen MR) is 85.8 cm³/mol. The maximum Gasteiger partial charge on any atom is 0.335 e. The molecule has 1 atom stereocenters. The van der Waals surface area contributed by atoms with Gasteiger partial charge >= 0.3 is 5.97 Å². The van der Waals surface area contributed by atoms with Crippen LogP contribution in [-0.2, 0) is 6.54 Å². The molecule has 1 N–H and O–H groups in total. The molecule has 0 amide bonds. The van der Waals surface area contributed by atoms with E-state index in [1.54, 1.807) is 6.07 Å². The fourth-order valence-electron chi connectivity index (χ4n) is 3.90. The Balaban J connectivity index is 1.77. The smallest absolute Gasteiger partial charge is 0.335 e. The Hall–Kier alpha value is -2.55. The molecule has 3 nitrogen and oxygen atoms in total. The van der Waals surface area contributed by atoms with E-state index in [0.29, 0.717) is 11.5 Å². The Morgan fingerprint density at radius 2 is 2.18 bits per heavy atom. The number of hydrogen-bond acceptors (Lipinski definition) is 1. The van der Waals surface area contributed by atoms with E-state index in [9.17, 15) is 9.90 Å². The number of carboxylic acids is 1. The van der Waals surface area contributed by atoms with Gasteiger partial charge in [0.1, 0.15) is 0 Å². The van der Waals surface area contributed by atoms with Crippen LogP contribution in [0.15, 0.2) is 53.6 Å². The highest BCUT2D eigenvalue weighted by molar-refractivity contribution is 5.97. The number of aromatic nitrogens is 1. The van der Waals surface area contributed by atoms with E-state index < -0.39 is 5.97 Å². The van der Waals surface area contributed by atoms with Crippen molar-refractivity contribution >= 4 is 22.4 Å². The number of allylic oxidation sites excluding steroid dienone is 6. The molecule has 2 aliphatic carbocycles. The van der Waals surface area contributed by atoms with Gasteiger partial charge in [-0.05, 0) is 53.8 Å². The van der Waals surface area contributed by atoms with Gasteiger partial charge in [0.2, 0.25) is 0 Å². The Bertz CT molecular complexity index is 940. The largest absolute Gasteiger partial charge is 0.478 e. The van der Waals surface area contributed by atoms with Crippen LogP contribution in [0.1, 0.15) is 28.9 Å². The van der Waals surface area contributed by atoms with E-state index in [-0.39, 0.29) is 0 Å². The number of rotatable bonds is 1. The lowest BCUT2D eigenvalue weighted by Gasteiger charge is -2.17. The first-order valence-electron chi connectivity index (χ1n) is 7.74. The highest BCUT2D eigenvalue weighted by Gasteiger charge is 2.32. The summed E-state index contributed by atoms with van der Waals surface area (Å²) in [7, 11) is 0. The van der Waals surface area contributed by atoms with Gasteiger partial charge < -0.3 is 9.67 Å². The second-order valence-corrected chi connectivity index (χ2v) is 6.29. The molecule has 1 aliphatic heterocycles. The minimum atomic E-state index is -0.863. The molecule has 3 aliphatic rings. The third-order valence-corrected chi connectivity index (χ3v) is 5.02. The Kier molecular flexibility index (Phi) is 2.19. The summed E-state index contributed by atoms with van der Waals surface area (Å²) >= 11 is 0. The van der Waals surface area contributed by atoms with Crippen LogP contribution in [0.3, 0.4) is 0 Å². The summed E-state index contributed by atoms with van der Waals surface area (Å²) in [4.78, 5) is 11.3. The lowest BCUT2D eigenvalue weighted by Crippen LogP contribution is -2.04. The van der Waals surface area contributed by atoms with Crippen LogP contribution in [0, 0.1) is 5.92 Å².